The molecule has 0 aliphatic carbocycles. The monoisotopic (exact) mass is 307 g/mol. The van der Waals surface area contributed by atoms with Crippen LogP contribution < -0.4 is 5.43 Å². The molecule has 0 aliphatic heterocycles. The summed E-state index contributed by atoms with van der Waals surface area (Å²) in [7, 11) is 0. The van der Waals surface area contributed by atoms with Crippen molar-refractivity contribution in [2.45, 2.75) is 0 Å². The van der Waals surface area contributed by atoms with Crippen molar-refractivity contribution in [3.63, 3.8) is 0 Å². The van der Waals surface area contributed by atoms with Crippen LogP contribution >= 0.6 is 0 Å². The third-order valence-electron chi connectivity index (χ3n) is 4.16. The maximum atomic E-state index is 13.0. The summed E-state index contributed by atoms with van der Waals surface area (Å²) in [5.41, 5.74) is 3.29. The summed E-state index contributed by atoms with van der Waals surface area (Å²) in [5, 5.41) is 2.08. The van der Waals surface area contributed by atoms with Gasteiger partial charge in [0.1, 0.15) is 0 Å². The highest BCUT2D eigenvalue weighted by Gasteiger charge is 2.06. The molecule has 1 heterocycles. The molecule has 0 spiro atoms. The Morgan fingerprint density at radius 3 is 2.42 bits per heavy atom. The van der Waals surface area contributed by atoms with Crippen LogP contribution in [-0.4, -0.2) is 4.98 Å². The molecule has 0 radical (unpaired) electrons. The molecule has 0 saturated heterocycles. The fraction of sp³-hybridized carbons (Fsp3) is 0. The Hall–Kier alpha value is -3.44. The van der Waals surface area contributed by atoms with E-state index in [1.807, 2.05) is 60.7 Å². The Morgan fingerprint density at radius 1 is 0.833 bits per heavy atom. The molecule has 3 aromatic carbocycles. The van der Waals surface area contributed by atoms with E-state index in [0.717, 1.165) is 16.5 Å². The SMILES string of the molecule is C#Cc1ccc2ccc3ncc(-c4ccccc4)cc3c(=O)c2c1. The first-order chi connectivity index (χ1) is 11.8. The van der Waals surface area contributed by atoms with Gasteiger partial charge >= 0.3 is 0 Å². The van der Waals surface area contributed by atoms with Gasteiger partial charge in [0.05, 0.1) is 5.52 Å². The summed E-state index contributed by atoms with van der Waals surface area (Å²) in [5.74, 6) is 2.59. The van der Waals surface area contributed by atoms with Crippen molar-refractivity contribution < 1.29 is 0 Å². The number of aromatic nitrogens is 1. The number of fused-ring (bicyclic) bond motifs is 2. The highest BCUT2D eigenvalue weighted by molar-refractivity contribution is 5.93. The van der Waals surface area contributed by atoms with Gasteiger partial charge in [0, 0.05) is 28.1 Å². The number of pyridine rings is 1. The highest BCUT2D eigenvalue weighted by Crippen LogP contribution is 2.22. The van der Waals surface area contributed by atoms with Gasteiger partial charge in [0.25, 0.3) is 0 Å². The van der Waals surface area contributed by atoms with Gasteiger partial charge in [-0.25, -0.2) is 0 Å². The molecule has 4 rings (SSSR count). The molecule has 0 amide bonds. The normalized spacial score (nSPS) is 10.6. The van der Waals surface area contributed by atoms with Crippen molar-refractivity contribution in [2.75, 3.05) is 0 Å². The Bertz CT molecular complexity index is 1170. The molecular weight excluding hydrogens is 294 g/mol. The molecule has 0 aliphatic rings. The molecule has 4 aromatic rings. The number of hydrogen-bond donors (Lipinski definition) is 0. The number of hydrogen-bond acceptors (Lipinski definition) is 2. The molecule has 0 unspecified atom stereocenters. The molecular formula is C22H13NO. The minimum absolute atomic E-state index is 0.0487. The lowest BCUT2D eigenvalue weighted by atomic mass is 10.1. The first-order valence-corrected chi connectivity index (χ1v) is 7.65. The van der Waals surface area contributed by atoms with Crippen LogP contribution in [0, 0.1) is 12.3 Å². The smallest absolute Gasteiger partial charge is 0.195 e. The number of rotatable bonds is 1. The minimum atomic E-state index is -0.0487. The van der Waals surface area contributed by atoms with Gasteiger partial charge in [0.15, 0.2) is 5.43 Å². The van der Waals surface area contributed by atoms with E-state index in [-0.39, 0.29) is 5.43 Å². The molecule has 2 heteroatoms. The second-order valence-corrected chi connectivity index (χ2v) is 5.63. The Balaban J connectivity index is 2.09. The highest BCUT2D eigenvalue weighted by atomic mass is 16.1. The van der Waals surface area contributed by atoms with Crippen LogP contribution in [0.25, 0.3) is 32.8 Å². The molecule has 0 fully saturated rings. The van der Waals surface area contributed by atoms with Crippen molar-refractivity contribution in [3.8, 4) is 23.5 Å². The zero-order valence-corrected chi connectivity index (χ0v) is 12.9. The van der Waals surface area contributed by atoms with E-state index >= 15 is 0 Å². The summed E-state index contributed by atoms with van der Waals surface area (Å²) in [6.45, 7) is 0. The standard InChI is InChI=1S/C22H13NO/c1-2-15-8-9-17-10-11-21-20(22(24)19(17)12-15)13-18(14-23-21)16-6-4-3-5-7-16/h1,3-14H. The maximum Gasteiger partial charge on any atom is 0.195 e. The van der Waals surface area contributed by atoms with Gasteiger partial charge in [-0.05, 0) is 35.2 Å². The summed E-state index contributed by atoms with van der Waals surface area (Å²) < 4.78 is 0. The van der Waals surface area contributed by atoms with E-state index in [2.05, 4.69) is 10.9 Å². The molecule has 0 saturated carbocycles. The molecule has 0 atom stereocenters. The van der Waals surface area contributed by atoms with Gasteiger partial charge < -0.3 is 0 Å². The van der Waals surface area contributed by atoms with Crippen LogP contribution in [0.5, 0.6) is 0 Å². The number of nitrogens with zero attached hydrogens (tertiary/aromatic N) is 1. The largest absolute Gasteiger partial charge is 0.289 e. The Kier molecular flexibility index (Phi) is 3.33. The van der Waals surface area contributed by atoms with Crippen LogP contribution in [0.4, 0.5) is 0 Å². The van der Waals surface area contributed by atoms with Crippen molar-refractivity contribution in [3.05, 3.63) is 88.7 Å². The fourth-order valence-corrected chi connectivity index (χ4v) is 2.88. The lowest BCUT2D eigenvalue weighted by molar-refractivity contribution is 1.41. The van der Waals surface area contributed by atoms with Gasteiger partial charge in [-0.1, -0.05) is 48.4 Å². The average Bonchev–Trinajstić information content (AvgIpc) is 2.79. The maximum absolute atomic E-state index is 13.0. The average molecular weight is 307 g/mol. The Morgan fingerprint density at radius 2 is 1.62 bits per heavy atom. The molecule has 24 heavy (non-hydrogen) atoms. The third kappa shape index (κ3) is 2.33. The van der Waals surface area contributed by atoms with Crippen molar-refractivity contribution in [2.24, 2.45) is 0 Å². The summed E-state index contributed by atoms with van der Waals surface area (Å²) in [6, 6.07) is 21.1. The number of terminal acetylenes is 1. The van der Waals surface area contributed by atoms with Gasteiger partial charge in [0.2, 0.25) is 0 Å². The van der Waals surface area contributed by atoms with E-state index in [4.69, 9.17) is 6.42 Å². The first-order valence-electron chi connectivity index (χ1n) is 7.65. The molecule has 2 nitrogen and oxygen atoms in total. The molecule has 0 bridgehead atoms. The van der Waals surface area contributed by atoms with E-state index < -0.39 is 0 Å². The lowest BCUT2D eigenvalue weighted by Crippen LogP contribution is -2.00. The second-order valence-electron chi connectivity index (χ2n) is 5.63. The molecule has 0 N–H and O–H groups in total. The zero-order valence-electron chi connectivity index (χ0n) is 12.9. The van der Waals surface area contributed by atoms with Crippen molar-refractivity contribution in [1.82, 2.24) is 4.98 Å². The summed E-state index contributed by atoms with van der Waals surface area (Å²) >= 11 is 0. The zero-order chi connectivity index (χ0) is 16.5. The van der Waals surface area contributed by atoms with E-state index in [1.54, 1.807) is 12.3 Å². The quantitative estimate of drug-likeness (QED) is 0.488. The van der Waals surface area contributed by atoms with Gasteiger partial charge in [-0.2, -0.15) is 0 Å². The van der Waals surface area contributed by atoms with Crippen LogP contribution in [0.3, 0.4) is 0 Å². The van der Waals surface area contributed by atoms with Gasteiger partial charge in [-0.3, -0.25) is 9.78 Å². The van der Waals surface area contributed by atoms with Crippen LogP contribution in [-0.2, 0) is 0 Å². The van der Waals surface area contributed by atoms with Crippen molar-refractivity contribution >= 4 is 21.7 Å². The first kappa shape index (κ1) is 14.2. The molecule has 112 valence electrons. The summed E-state index contributed by atoms with van der Waals surface area (Å²) in [4.78, 5) is 17.5. The topological polar surface area (TPSA) is 30.0 Å². The van der Waals surface area contributed by atoms with Gasteiger partial charge in [-0.15, -0.1) is 6.42 Å². The predicted octanol–water partition coefficient (Wildman–Crippen LogP) is 4.40. The second kappa shape index (κ2) is 5.64. The van der Waals surface area contributed by atoms with Crippen molar-refractivity contribution in [1.29, 1.82) is 0 Å². The lowest BCUT2D eigenvalue weighted by Gasteiger charge is -2.01. The number of benzene rings is 2. The molecule has 1 aromatic heterocycles. The van der Waals surface area contributed by atoms with E-state index in [0.29, 0.717) is 21.9 Å². The predicted molar refractivity (Wildman–Crippen MR) is 98.9 cm³/mol. The van der Waals surface area contributed by atoms with Crippen LogP contribution in [0.15, 0.2) is 77.7 Å². The fourth-order valence-electron chi connectivity index (χ4n) is 2.88. The summed E-state index contributed by atoms with van der Waals surface area (Å²) in [6.07, 6.45) is 7.27. The van der Waals surface area contributed by atoms with Crippen LogP contribution in [0.2, 0.25) is 0 Å². The Labute approximate surface area is 139 Å². The minimum Gasteiger partial charge on any atom is -0.289 e. The van der Waals surface area contributed by atoms with E-state index in [1.165, 1.54) is 0 Å². The third-order valence-corrected chi connectivity index (χ3v) is 4.16. The van der Waals surface area contributed by atoms with E-state index in [9.17, 15) is 4.79 Å². The van der Waals surface area contributed by atoms with Crippen LogP contribution in [0.1, 0.15) is 5.56 Å².